The van der Waals surface area contributed by atoms with Gasteiger partial charge < -0.3 is 9.84 Å². The Kier molecular flexibility index (Phi) is 4.11. The highest BCUT2D eigenvalue weighted by Gasteiger charge is 2.22. The first-order chi connectivity index (χ1) is 4.95. The van der Waals surface area contributed by atoms with Gasteiger partial charge in [0.25, 0.3) is 0 Å². The van der Waals surface area contributed by atoms with Gasteiger partial charge in [-0.25, -0.2) is 4.79 Å². The van der Waals surface area contributed by atoms with E-state index in [9.17, 15) is 4.79 Å². The van der Waals surface area contributed by atoms with E-state index in [1.54, 1.807) is 0 Å². The van der Waals surface area contributed by atoms with Gasteiger partial charge in [-0.05, 0) is 19.8 Å². The Hall–Kier alpha value is -0.570. The Morgan fingerprint density at radius 2 is 1.73 bits per heavy atom. The number of rotatable bonds is 4. The number of hydrogen-bond donors (Lipinski definition) is 1. The molecule has 0 heterocycles. The van der Waals surface area contributed by atoms with Crippen molar-refractivity contribution < 1.29 is 14.6 Å². The zero-order chi connectivity index (χ0) is 9.02. The molecule has 0 saturated heterocycles. The molecule has 66 valence electrons. The Morgan fingerprint density at radius 1 is 1.27 bits per heavy atom. The molecule has 1 N–H and O–H groups in total. The van der Waals surface area contributed by atoms with Crippen molar-refractivity contribution in [1.29, 1.82) is 0 Å². The van der Waals surface area contributed by atoms with Crippen molar-refractivity contribution in [2.75, 3.05) is 0 Å². The van der Waals surface area contributed by atoms with Gasteiger partial charge >= 0.3 is 5.97 Å². The van der Waals surface area contributed by atoms with E-state index in [1.165, 1.54) is 0 Å². The van der Waals surface area contributed by atoms with Gasteiger partial charge in [-0.15, -0.1) is 0 Å². The van der Waals surface area contributed by atoms with E-state index >= 15 is 0 Å². The van der Waals surface area contributed by atoms with Crippen LogP contribution in [0.15, 0.2) is 0 Å². The largest absolute Gasteiger partial charge is 0.479 e. The molecule has 3 nitrogen and oxygen atoms in total. The maximum Gasteiger partial charge on any atom is 0.333 e. The number of carbonyl (C=O) groups is 1. The van der Waals surface area contributed by atoms with Crippen molar-refractivity contribution >= 4 is 5.97 Å². The molecule has 0 spiro atoms. The lowest BCUT2D eigenvalue weighted by atomic mass is 10.1. The summed E-state index contributed by atoms with van der Waals surface area (Å²) >= 11 is 0. The highest BCUT2D eigenvalue weighted by Crippen LogP contribution is 2.08. The summed E-state index contributed by atoms with van der Waals surface area (Å²) in [5, 5.41) is 8.67. The van der Waals surface area contributed by atoms with E-state index in [4.69, 9.17) is 9.84 Å². The summed E-state index contributed by atoms with van der Waals surface area (Å²) in [6.45, 7) is 7.33. The third-order valence-corrected chi connectivity index (χ3v) is 1.27. The fourth-order valence-electron chi connectivity index (χ4n) is 0.794. The van der Waals surface area contributed by atoms with Gasteiger partial charge in [-0.3, -0.25) is 0 Å². The van der Waals surface area contributed by atoms with Crippen LogP contribution >= 0.6 is 0 Å². The predicted octanol–water partition coefficient (Wildman–Crippen LogP) is 1.52. The minimum atomic E-state index is -0.881. The molecule has 0 fully saturated rings. The first-order valence-corrected chi connectivity index (χ1v) is 3.83. The van der Waals surface area contributed by atoms with Crippen molar-refractivity contribution in [3.8, 4) is 0 Å². The predicted molar refractivity (Wildman–Crippen MR) is 42.5 cm³/mol. The summed E-state index contributed by atoms with van der Waals surface area (Å²) < 4.78 is 5.17. The van der Waals surface area contributed by atoms with Crippen LogP contribution in [0.5, 0.6) is 0 Å². The summed E-state index contributed by atoms with van der Waals surface area (Å²) in [7, 11) is 0. The zero-order valence-electron chi connectivity index (χ0n) is 7.50. The fraction of sp³-hybridized carbons (Fsp3) is 0.875. The average Bonchev–Trinajstić information content (AvgIpc) is 1.81. The molecule has 3 heteroatoms. The first-order valence-electron chi connectivity index (χ1n) is 3.83. The van der Waals surface area contributed by atoms with Crippen LogP contribution in [0.3, 0.4) is 0 Å². The van der Waals surface area contributed by atoms with Crippen LogP contribution in [-0.4, -0.2) is 23.3 Å². The minimum Gasteiger partial charge on any atom is -0.479 e. The highest BCUT2D eigenvalue weighted by molar-refractivity contribution is 5.72. The summed E-state index contributed by atoms with van der Waals surface area (Å²) in [4.78, 5) is 10.6. The Labute approximate surface area is 67.4 Å². The lowest BCUT2D eigenvalue weighted by Crippen LogP contribution is -2.31. The molecule has 0 aromatic carbocycles. The minimum absolute atomic E-state index is 0.0231. The first kappa shape index (κ1) is 10.4. The normalized spacial score (nSPS) is 14.0. The number of aliphatic carboxylic acids is 1. The van der Waals surface area contributed by atoms with Crippen LogP contribution < -0.4 is 0 Å². The zero-order valence-corrected chi connectivity index (χ0v) is 7.50. The Morgan fingerprint density at radius 3 is 1.82 bits per heavy atom. The number of carboxylic acids is 1. The van der Waals surface area contributed by atoms with E-state index in [-0.39, 0.29) is 12.0 Å². The van der Waals surface area contributed by atoms with Crippen LogP contribution in [0, 0.1) is 5.92 Å². The third kappa shape index (κ3) is 3.98. The van der Waals surface area contributed by atoms with Crippen molar-refractivity contribution in [2.24, 2.45) is 5.92 Å². The molecule has 0 saturated carbocycles. The van der Waals surface area contributed by atoms with Crippen LogP contribution in [0.2, 0.25) is 0 Å². The van der Waals surface area contributed by atoms with Gasteiger partial charge in [-0.2, -0.15) is 0 Å². The molecule has 1 unspecified atom stereocenters. The van der Waals surface area contributed by atoms with Crippen molar-refractivity contribution in [3.63, 3.8) is 0 Å². The van der Waals surface area contributed by atoms with Crippen molar-refractivity contribution in [3.05, 3.63) is 0 Å². The molecule has 0 aliphatic heterocycles. The quantitative estimate of drug-likeness (QED) is 0.678. The Balaban J connectivity index is 4.01. The smallest absolute Gasteiger partial charge is 0.333 e. The molecule has 0 aliphatic rings. The highest BCUT2D eigenvalue weighted by atomic mass is 16.5. The van der Waals surface area contributed by atoms with Gasteiger partial charge in [0.1, 0.15) is 0 Å². The van der Waals surface area contributed by atoms with Crippen LogP contribution in [0.25, 0.3) is 0 Å². The fourth-order valence-corrected chi connectivity index (χ4v) is 0.794. The van der Waals surface area contributed by atoms with Gasteiger partial charge in [-0.1, -0.05) is 13.8 Å². The maximum atomic E-state index is 10.6. The van der Waals surface area contributed by atoms with Gasteiger partial charge in [0.2, 0.25) is 0 Å². The van der Waals surface area contributed by atoms with E-state index in [2.05, 4.69) is 0 Å². The topological polar surface area (TPSA) is 46.5 Å². The van der Waals surface area contributed by atoms with E-state index in [0.29, 0.717) is 0 Å². The van der Waals surface area contributed by atoms with E-state index < -0.39 is 12.1 Å². The lowest BCUT2D eigenvalue weighted by molar-refractivity contribution is -0.156. The molecule has 0 aliphatic carbocycles. The second kappa shape index (κ2) is 4.34. The van der Waals surface area contributed by atoms with Crippen molar-refractivity contribution in [2.45, 2.75) is 39.9 Å². The van der Waals surface area contributed by atoms with E-state index in [0.717, 1.165) is 0 Å². The summed E-state index contributed by atoms with van der Waals surface area (Å²) in [5.41, 5.74) is 0. The monoisotopic (exact) mass is 160 g/mol. The van der Waals surface area contributed by atoms with Gasteiger partial charge in [0.15, 0.2) is 6.10 Å². The standard InChI is InChI=1S/C8H16O3/c1-5(2)7(8(9)10)11-6(3)4/h5-7H,1-4H3,(H,9,10). The van der Waals surface area contributed by atoms with Gasteiger partial charge in [0, 0.05) is 0 Å². The molecule has 0 radical (unpaired) electrons. The molecule has 11 heavy (non-hydrogen) atoms. The third-order valence-electron chi connectivity index (χ3n) is 1.27. The van der Waals surface area contributed by atoms with Crippen LogP contribution in [-0.2, 0) is 9.53 Å². The molecular weight excluding hydrogens is 144 g/mol. The Bertz CT molecular complexity index is 129. The summed E-state index contributed by atoms with van der Waals surface area (Å²) in [6, 6.07) is 0. The number of hydrogen-bond acceptors (Lipinski definition) is 2. The molecule has 0 bridgehead atoms. The van der Waals surface area contributed by atoms with Gasteiger partial charge in [0.05, 0.1) is 6.10 Å². The molecule has 0 aromatic rings. The molecule has 0 aromatic heterocycles. The number of carboxylic acid groups (broad SMARTS) is 1. The maximum absolute atomic E-state index is 10.6. The SMILES string of the molecule is CC(C)OC(C(=O)O)C(C)C. The lowest BCUT2D eigenvalue weighted by Gasteiger charge is -2.19. The number of ether oxygens (including phenoxy) is 1. The molecular formula is C8H16O3. The summed E-state index contributed by atoms with van der Waals surface area (Å²) in [6.07, 6.45) is -0.700. The van der Waals surface area contributed by atoms with Crippen molar-refractivity contribution in [1.82, 2.24) is 0 Å². The molecule has 0 rings (SSSR count). The second-order valence-electron chi connectivity index (χ2n) is 3.19. The van der Waals surface area contributed by atoms with E-state index in [1.807, 2.05) is 27.7 Å². The van der Waals surface area contributed by atoms with Crippen LogP contribution in [0.4, 0.5) is 0 Å². The second-order valence-corrected chi connectivity index (χ2v) is 3.19. The summed E-state index contributed by atoms with van der Waals surface area (Å²) in [5.74, 6) is -0.858. The average molecular weight is 160 g/mol. The van der Waals surface area contributed by atoms with Crippen LogP contribution in [0.1, 0.15) is 27.7 Å². The molecule has 0 amide bonds. The molecule has 1 atom stereocenters.